The second-order valence-corrected chi connectivity index (χ2v) is 8.45. The zero-order valence-corrected chi connectivity index (χ0v) is 15.1. The van der Waals surface area contributed by atoms with Crippen molar-refractivity contribution >= 4 is 10.2 Å². The molecule has 0 saturated carbocycles. The van der Waals surface area contributed by atoms with E-state index in [1.54, 1.807) is 24.5 Å². The van der Waals surface area contributed by atoms with Crippen LogP contribution in [0.5, 0.6) is 0 Å². The molecule has 1 saturated heterocycles. The highest BCUT2D eigenvalue weighted by Crippen LogP contribution is 2.29. The number of hydrogen-bond donors (Lipinski definition) is 0. The fourth-order valence-corrected chi connectivity index (χ4v) is 4.11. The maximum absolute atomic E-state index is 13.4. The second-order valence-electron chi connectivity index (χ2n) is 6.30. The number of halogens is 1. The lowest BCUT2D eigenvalue weighted by molar-refractivity contribution is 0.300. The summed E-state index contributed by atoms with van der Waals surface area (Å²) in [6, 6.07) is 6.26. The molecule has 1 aliphatic rings. The lowest BCUT2D eigenvalue weighted by Gasteiger charge is -2.32. The molecule has 3 rings (SSSR count). The Morgan fingerprint density at radius 1 is 1.20 bits per heavy atom. The Hall–Kier alpha value is -1.90. The third-order valence-electron chi connectivity index (χ3n) is 4.43. The van der Waals surface area contributed by atoms with Crippen LogP contribution in [0, 0.1) is 5.82 Å². The molecular formula is C17H21FN4O2S. The maximum atomic E-state index is 13.4. The number of piperidine rings is 1. The molecule has 0 bridgehead atoms. The molecule has 6 nitrogen and oxygen atoms in total. The first kappa shape index (κ1) is 17.9. The highest BCUT2D eigenvalue weighted by molar-refractivity contribution is 7.86. The lowest BCUT2D eigenvalue weighted by Crippen LogP contribution is -2.44. The van der Waals surface area contributed by atoms with E-state index in [-0.39, 0.29) is 11.7 Å². The maximum Gasteiger partial charge on any atom is 0.281 e. The molecule has 1 fully saturated rings. The highest BCUT2D eigenvalue weighted by Gasteiger charge is 2.30. The highest BCUT2D eigenvalue weighted by atomic mass is 32.2. The van der Waals surface area contributed by atoms with Gasteiger partial charge in [0, 0.05) is 44.9 Å². The van der Waals surface area contributed by atoms with Gasteiger partial charge in [-0.2, -0.15) is 17.0 Å². The normalized spacial score (nSPS) is 17.1. The number of nitrogens with zero attached hydrogens (tertiary/aromatic N) is 4. The SMILES string of the molecule is CN(C)S(=O)(=O)N1CCC(c2cncc(-c3cccc(F)c3)n2)CC1. The average Bonchev–Trinajstić information content (AvgIpc) is 2.62. The van der Waals surface area contributed by atoms with Gasteiger partial charge >= 0.3 is 0 Å². The zero-order valence-electron chi connectivity index (χ0n) is 14.3. The number of aromatic nitrogens is 2. The van der Waals surface area contributed by atoms with Crippen molar-refractivity contribution in [2.24, 2.45) is 0 Å². The number of hydrogen-bond acceptors (Lipinski definition) is 4. The van der Waals surface area contributed by atoms with Crippen LogP contribution in [0.3, 0.4) is 0 Å². The molecular weight excluding hydrogens is 343 g/mol. The predicted molar refractivity (Wildman–Crippen MR) is 93.6 cm³/mol. The summed E-state index contributed by atoms with van der Waals surface area (Å²) in [4.78, 5) is 8.86. The molecule has 0 aliphatic carbocycles. The van der Waals surface area contributed by atoms with Crippen molar-refractivity contribution in [3.8, 4) is 11.3 Å². The van der Waals surface area contributed by atoms with E-state index in [0.717, 1.165) is 5.69 Å². The molecule has 0 unspecified atom stereocenters. The van der Waals surface area contributed by atoms with Crippen molar-refractivity contribution in [1.82, 2.24) is 18.6 Å². The minimum atomic E-state index is -3.37. The molecule has 0 amide bonds. The monoisotopic (exact) mass is 364 g/mol. The van der Waals surface area contributed by atoms with Crippen LogP contribution < -0.4 is 0 Å². The van der Waals surface area contributed by atoms with E-state index in [9.17, 15) is 12.8 Å². The summed E-state index contributed by atoms with van der Waals surface area (Å²) in [6.45, 7) is 0.911. The summed E-state index contributed by atoms with van der Waals surface area (Å²) >= 11 is 0. The first-order valence-electron chi connectivity index (χ1n) is 8.13. The number of rotatable bonds is 4. The van der Waals surface area contributed by atoms with Gasteiger partial charge in [-0.1, -0.05) is 12.1 Å². The molecule has 1 aromatic carbocycles. The van der Waals surface area contributed by atoms with Crippen LogP contribution in [0.25, 0.3) is 11.3 Å². The summed E-state index contributed by atoms with van der Waals surface area (Å²) < 4.78 is 40.5. The van der Waals surface area contributed by atoms with Crippen molar-refractivity contribution in [3.05, 3.63) is 48.2 Å². The first-order chi connectivity index (χ1) is 11.9. The third kappa shape index (κ3) is 3.86. The summed E-state index contributed by atoms with van der Waals surface area (Å²) in [7, 11) is -0.298. The third-order valence-corrected chi connectivity index (χ3v) is 6.37. The summed E-state index contributed by atoms with van der Waals surface area (Å²) in [6.07, 6.45) is 4.70. The van der Waals surface area contributed by atoms with E-state index >= 15 is 0 Å². The Balaban J connectivity index is 1.75. The van der Waals surface area contributed by atoms with Crippen molar-refractivity contribution in [1.29, 1.82) is 0 Å². The van der Waals surface area contributed by atoms with E-state index in [2.05, 4.69) is 9.97 Å². The van der Waals surface area contributed by atoms with Gasteiger partial charge in [-0.15, -0.1) is 0 Å². The van der Waals surface area contributed by atoms with Crippen LogP contribution in [0.1, 0.15) is 24.5 Å². The average molecular weight is 364 g/mol. The molecule has 134 valence electrons. The van der Waals surface area contributed by atoms with Gasteiger partial charge in [-0.05, 0) is 25.0 Å². The van der Waals surface area contributed by atoms with Crippen molar-refractivity contribution in [2.45, 2.75) is 18.8 Å². The quantitative estimate of drug-likeness (QED) is 0.835. The molecule has 25 heavy (non-hydrogen) atoms. The van der Waals surface area contributed by atoms with E-state index in [1.807, 2.05) is 0 Å². The fourth-order valence-electron chi connectivity index (χ4n) is 2.98. The summed E-state index contributed by atoms with van der Waals surface area (Å²) in [5, 5.41) is 0. The molecule has 0 radical (unpaired) electrons. The Kier molecular flexibility index (Phi) is 5.12. The zero-order chi connectivity index (χ0) is 18.0. The Labute approximate surface area is 147 Å². The molecule has 0 spiro atoms. The van der Waals surface area contributed by atoms with Gasteiger partial charge in [-0.25, -0.2) is 9.37 Å². The second kappa shape index (κ2) is 7.15. The fraction of sp³-hybridized carbons (Fsp3) is 0.412. The van der Waals surface area contributed by atoms with Crippen LogP contribution in [0.4, 0.5) is 4.39 Å². The van der Waals surface area contributed by atoms with Crippen molar-refractivity contribution < 1.29 is 12.8 Å². The molecule has 1 aromatic heterocycles. The van der Waals surface area contributed by atoms with E-state index in [0.29, 0.717) is 37.2 Å². The van der Waals surface area contributed by atoms with Crippen LogP contribution in [-0.4, -0.2) is 54.2 Å². The van der Waals surface area contributed by atoms with Crippen LogP contribution in [-0.2, 0) is 10.2 Å². The van der Waals surface area contributed by atoms with E-state index < -0.39 is 10.2 Å². The van der Waals surface area contributed by atoms with Crippen LogP contribution in [0.2, 0.25) is 0 Å². The predicted octanol–water partition coefficient (Wildman–Crippen LogP) is 2.27. The van der Waals surface area contributed by atoms with Gasteiger partial charge in [0.1, 0.15) is 5.82 Å². The van der Waals surface area contributed by atoms with Gasteiger partial charge in [0.2, 0.25) is 0 Å². The standard InChI is InChI=1S/C17H21FN4O2S/c1-21(2)25(23,24)22-8-6-13(7-9-22)16-11-19-12-17(20-16)14-4-3-5-15(18)10-14/h3-5,10-13H,6-9H2,1-2H3. The van der Waals surface area contributed by atoms with Gasteiger partial charge < -0.3 is 0 Å². The van der Waals surface area contributed by atoms with E-state index in [4.69, 9.17) is 0 Å². The van der Waals surface area contributed by atoms with Gasteiger partial charge in [0.15, 0.2) is 0 Å². The molecule has 2 heterocycles. The molecule has 1 aliphatic heterocycles. The summed E-state index contributed by atoms with van der Waals surface area (Å²) in [5.41, 5.74) is 2.13. The van der Waals surface area contributed by atoms with Gasteiger partial charge in [0.25, 0.3) is 10.2 Å². The molecule has 8 heteroatoms. The Bertz CT molecular complexity index is 849. The minimum Gasteiger partial charge on any atom is -0.261 e. The summed E-state index contributed by atoms with van der Waals surface area (Å²) in [5.74, 6) is -0.165. The smallest absolute Gasteiger partial charge is 0.261 e. The Morgan fingerprint density at radius 3 is 2.56 bits per heavy atom. The topological polar surface area (TPSA) is 66.4 Å². The van der Waals surface area contributed by atoms with Gasteiger partial charge in [0.05, 0.1) is 17.6 Å². The van der Waals surface area contributed by atoms with Crippen LogP contribution in [0.15, 0.2) is 36.7 Å². The molecule has 2 aromatic rings. The number of benzene rings is 1. The lowest BCUT2D eigenvalue weighted by atomic mass is 9.95. The van der Waals surface area contributed by atoms with Crippen molar-refractivity contribution in [3.63, 3.8) is 0 Å². The van der Waals surface area contributed by atoms with Crippen molar-refractivity contribution in [2.75, 3.05) is 27.2 Å². The van der Waals surface area contributed by atoms with Gasteiger partial charge in [-0.3, -0.25) is 4.98 Å². The van der Waals surface area contributed by atoms with E-state index in [1.165, 1.54) is 34.8 Å². The first-order valence-corrected chi connectivity index (χ1v) is 9.53. The molecule has 0 N–H and O–H groups in total. The Morgan fingerprint density at radius 2 is 1.92 bits per heavy atom. The van der Waals surface area contributed by atoms with Crippen LogP contribution >= 0.6 is 0 Å². The minimum absolute atomic E-state index is 0.148. The largest absolute Gasteiger partial charge is 0.281 e. The molecule has 0 atom stereocenters.